The smallest absolute Gasteiger partial charge is 0.548 e. The van der Waals surface area contributed by atoms with E-state index in [2.05, 4.69) is 11.5 Å². The van der Waals surface area contributed by atoms with Gasteiger partial charge in [0.05, 0.1) is 7.05 Å². The molecule has 0 spiro atoms. The lowest BCUT2D eigenvalue weighted by Crippen LogP contribution is -3.00. The minimum Gasteiger partial charge on any atom is -1.00 e. The molecule has 0 aliphatic heterocycles. The van der Waals surface area contributed by atoms with E-state index in [1.165, 1.54) is 0 Å². The summed E-state index contributed by atoms with van der Waals surface area (Å²) in [5, 5.41) is 0. The normalized spacial score (nSPS) is 13.1. The molecule has 1 aromatic rings. The molecule has 0 bridgehead atoms. The first-order chi connectivity index (χ1) is 9.13. The van der Waals surface area contributed by atoms with E-state index in [0.717, 1.165) is 6.42 Å². The van der Waals surface area contributed by atoms with Crippen LogP contribution in [0.2, 0.25) is 0 Å². The van der Waals surface area contributed by atoms with Crippen molar-refractivity contribution in [3.63, 3.8) is 0 Å². The third-order valence-electron chi connectivity index (χ3n) is 2.98. The number of hydrogen-bond acceptors (Lipinski definition) is 3. The summed E-state index contributed by atoms with van der Waals surface area (Å²) < 4.78 is 22.1. The van der Waals surface area contributed by atoms with Crippen molar-refractivity contribution in [1.29, 1.82) is 0 Å². The Bertz CT molecular complexity index is 359. The molecule has 0 radical (unpaired) electrons. The number of nitrogens with zero attached hydrogens (tertiary/aromatic N) is 2. The van der Waals surface area contributed by atoms with E-state index in [9.17, 15) is 0 Å². The molecule has 0 saturated carbocycles. The fourth-order valence-corrected chi connectivity index (χ4v) is 5.37. The summed E-state index contributed by atoms with van der Waals surface area (Å²) in [7, 11) is -0.694. The van der Waals surface area contributed by atoms with Crippen LogP contribution < -0.4 is 17.0 Å². The number of halogens is 1. The van der Waals surface area contributed by atoms with Crippen molar-refractivity contribution < 1.29 is 30.3 Å². The zero-order chi connectivity index (χ0) is 14.3. The first-order valence-corrected chi connectivity index (χ1v) is 8.88. The van der Waals surface area contributed by atoms with Crippen LogP contribution in [0.5, 0.6) is 0 Å². The summed E-state index contributed by atoms with van der Waals surface area (Å²) in [6.07, 6.45) is 7.03. The van der Waals surface area contributed by atoms with Gasteiger partial charge in [-0.15, -0.1) is 0 Å². The molecule has 0 fully saturated rings. The molecule has 1 heterocycles. The van der Waals surface area contributed by atoms with Gasteiger partial charge in [0.25, 0.3) is 0 Å². The maximum Gasteiger partial charge on any atom is 0.548 e. The predicted octanol–water partition coefficient (Wildman–Crippen LogP) is -1.14. The van der Waals surface area contributed by atoms with E-state index in [4.69, 9.17) is 13.3 Å². The van der Waals surface area contributed by atoms with Crippen molar-refractivity contribution >= 4 is 8.80 Å². The van der Waals surface area contributed by atoms with Gasteiger partial charge in [-0.1, -0.05) is 6.92 Å². The van der Waals surface area contributed by atoms with Crippen molar-refractivity contribution in [2.24, 2.45) is 7.05 Å². The van der Waals surface area contributed by atoms with Crippen LogP contribution in [0.25, 0.3) is 0 Å². The van der Waals surface area contributed by atoms with Gasteiger partial charge in [0.2, 0.25) is 6.33 Å². The van der Waals surface area contributed by atoms with E-state index in [1.807, 2.05) is 51.1 Å². The lowest BCUT2D eigenvalue weighted by atomic mass is 10.5. The molecule has 0 aliphatic rings. The largest absolute Gasteiger partial charge is 1.00 e. The Morgan fingerprint density at radius 2 is 1.55 bits per heavy atom. The molecule has 0 N–H and O–H groups in total. The lowest BCUT2D eigenvalue weighted by molar-refractivity contribution is -0.710. The van der Waals surface area contributed by atoms with E-state index in [-0.39, 0.29) is 18.1 Å². The van der Waals surface area contributed by atoms with Gasteiger partial charge in [0.1, 0.15) is 12.4 Å². The average Bonchev–Trinajstić information content (AvgIpc) is 2.77. The van der Waals surface area contributed by atoms with Crippen LogP contribution in [-0.2, 0) is 20.3 Å². The van der Waals surface area contributed by atoms with Gasteiger partial charge in [0.15, 0.2) is 5.67 Å². The Balaban J connectivity index is 0.00000361. The zero-order valence-corrected chi connectivity index (χ0v) is 14.9. The summed E-state index contributed by atoms with van der Waals surface area (Å²) in [4.78, 5) is 0. The fraction of sp³-hybridized carbons (Fsp3) is 0.769. The molecule has 7 heteroatoms. The van der Waals surface area contributed by atoms with Crippen molar-refractivity contribution in [3.05, 3.63) is 18.7 Å². The Morgan fingerprint density at radius 3 is 1.85 bits per heavy atom. The van der Waals surface area contributed by atoms with Gasteiger partial charge in [-0.05, 0) is 27.2 Å². The summed E-state index contributed by atoms with van der Waals surface area (Å²) >= 11 is 0. The first-order valence-electron chi connectivity index (χ1n) is 7.08. The average molecular weight is 323 g/mol. The Labute approximate surface area is 129 Å². The van der Waals surface area contributed by atoms with Gasteiger partial charge in [-0.25, -0.2) is 9.13 Å². The van der Waals surface area contributed by atoms with E-state index in [0.29, 0.717) is 19.8 Å². The lowest BCUT2D eigenvalue weighted by Gasteiger charge is -2.32. The van der Waals surface area contributed by atoms with Gasteiger partial charge < -0.3 is 25.7 Å². The third-order valence-corrected chi connectivity index (χ3v) is 6.58. The van der Waals surface area contributed by atoms with E-state index < -0.39 is 8.80 Å². The van der Waals surface area contributed by atoms with Crippen LogP contribution in [0.4, 0.5) is 0 Å². The summed E-state index contributed by atoms with van der Waals surface area (Å²) in [6.45, 7) is 9.93. The Morgan fingerprint density at radius 1 is 1.05 bits per heavy atom. The molecule has 0 amide bonds. The van der Waals surface area contributed by atoms with Gasteiger partial charge in [0, 0.05) is 19.8 Å². The van der Waals surface area contributed by atoms with Crippen LogP contribution in [-0.4, -0.2) is 33.2 Å². The van der Waals surface area contributed by atoms with Crippen LogP contribution in [0, 0.1) is 0 Å². The van der Waals surface area contributed by atoms with Gasteiger partial charge >= 0.3 is 8.80 Å². The molecule has 1 atom stereocenters. The minimum atomic E-state index is -2.70. The predicted molar refractivity (Wildman–Crippen MR) is 75.6 cm³/mol. The van der Waals surface area contributed by atoms with Gasteiger partial charge in [-0.2, -0.15) is 0 Å². The maximum atomic E-state index is 5.99. The Kier molecular flexibility index (Phi) is 9.33. The van der Waals surface area contributed by atoms with Crippen molar-refractivity contribution in [1.82, 2.24) is 4.57 Å². The van der Waals surface area contributed by atoms with Crippen molar-refractivity contribution in [3.8, 4) is 0 Å². The van der Waals surface area contributed by atoms with Crippen molar-refractivity contribution in [2.75, 3.05) is 19.8 Å². The Hall–Kier alpha value is -0.403. The van der Waals surface area contributed by atoms with E-state index in [1.54, 1.807) is 0 Å². The topological polar surface area (TPSA) is 36.5 Å². The molecule has 0 aromatic carbocycles. The third kappa shape index (κ3) is 4.56. The standard InChI is InChI=1S/C13H27N2O3Si.ClH/c1-6-13(15-11-10-14(5)12-15)19(16-7-2,17-8-3)18-9-4;/h10-13H,6-9H2,1-5H3;1H/q+1;/p-1. The second-order valence-electron chi connectivity index (χ2n) is 4.35. The minimum absolute atomic E-state index is 0. The second-order valence-corrected chi connectivity index (χ2v) is 7.09. The van der Waals surface area contributed by atoms with Crippen molar-refractivity contribution in [2.45, 2.75) is 39.8 Å². The molecule has 5 nitrogen and oxygen atoms in total. The molecule has 118 valence electrons. The quantitative estimate of drug-likeness (QED) is 0.426. The van der Waals surface area contributed by atoms with Crippen LogP contribution in [0.1, 0.15) is 39.8 Å². The molecular weight excluding hydrogens is 296 g/mol. The highest BCUT2D eigenvalue weighted by Gasteiger charge is 2.52. The fourth-order valence-electron chi connectivity index (χ4n) is 2.31. The molecule has 0 saturated heterocycles. The number of aromatic nitrogens is 2. The highest BCUT2D eigenvalue weighted by Crippen LogP contribution is 2.24. The summed E-state index contributed by atoms with van der Waals surface area (Å²) in [6, 6.07) is 0. The van der Waals surface area contributed by atoms with Crippen LogP contribution in [0.15, 0.2) is 18.7 Å². The summed E-state index contributed by atoms with van der Waals surface area (Å²) in [5.74, 6) is 0. The van der Waals surface area contributed by atoms with E-state index >= 15 is 0 Å². The molecule has 0 aliphatic carbocycles. The first kappa shape index (κ1) is 19.6. The maximum absolute atomic E-state index is 5.99. The highest BCUT2D eigenvalue weighted by atomic mass is 35.5. The molecular formula is C13H27ClN2O3Si. The highest BCUT2D eigenvalue weighted by molar-refractivity contribution is 6.61. The number of hydrogen-bond donors (Lipinski definition) is 0. The number of imidazole rings is 1. The molecule has 1 rings (SSSR count). The molecule has 1 aromatic heterocycles. The monoisotopic (exact) mass is 322 g/mol. The van der Waals surface area contributed by atoms with Gasteiger partial charge in [-0.3, -0.25) is 0 Å². The SMILES string of the molecule is CCO[Si](OCC)(OCC)C(CC)[n+]1ccn(C)c1.[Cl-]. The van der Waals surface area contributed by atoms with Crippen LogP contribution >= 0.6 is 0 Å². The second kappa shape index (κ2) is 9.52. The number of rotatable bonds is 9. The zero-order valence-electron chi connectivity index (χ0n) is 13.1. The molecule has 1 unspecified atom stereocenters. The summed E-state index contributed by atoms with van der Waals surface area (Å²) in [5.41, 5.74) is 0.119. The van der Waals surface area contributed by atoms with Crippen LogP contribution in [0.3, 0.4) is 0 Å². The molecule has 20 heavy (non-hydrogen) atoms. The number of aryl methyl sites for hydroxylation is 1.